The van der Waals surface area contributed by atoms with E-state index in [1.165, 1.54) is 17.9 Å². The minimum Gasteiger partial charge on any atom is -0.255 e. The fourth-order valence-corrected chi connectivity index (χ4v) is 3.61. The van der Waals surface area contributed by atoms with E-state index >= 15 is 0 Å². The summed E-state index contributed by atoms with van der Waals surface area (Å²) in [6, 6.07) is 7.38. The summed E-state index contributed by atoms with van der Waals surface area (Å²) < 4.78 is 28.1. The molecule has 0 aliphatic rings. The van der Waals surface area contributed by atoms with Crippen molar-refractivity contribution in [3.05, 3.63) is 46.6 Å². The van der Waals surface area contributed by atoms with E-state index < -0.39 is 10.0 Å². The largest absolute Gasteiger partial charge is 0.259 e. The molecule has 20 heavy (non-hydrogen) atoms. The van der Waals surface area contributed by atoms with Gasteiger partial charge in [-0.05, 0) is 11.1 Å². The number of nitrogens with zero attached hydrogens (tertiary/aromatic N) is 2. The van der Waals surface area contributed by atoms with E-state index in [1.807, 2.05) is 24.3 Å². The van der Waals surface area contributed by atoms with Crippen molar-refractivity contribution in [1.82, 2.24) is 14.5 Å². The standard InChI is InChI=1S/C12H13Cl2N3O2S/c1-17-12(11(14)8-15-17)20(18,19)16-7-10-4-2-3-9(5-10)6-13/h2-5,8,16H,6-7H2,1H3. The Balaban J connectivity index is 2.17. The Morgan fingerprint density at radius 1 is 1.35 bits per heavy atom. The second-order valence-electron chi connectivity index (χ2n) is 4.20. The van der Waals surface area contributed by atoms with Gasteiger partial charge in [0.2, 0.25) is 0 Å². The van der Waals surface area contributed by atoms with Crippen LogP contribution in [0.4, 0.5) is 0 Å². The zero-order chi connectivity index (χ0) is 14.8. The molecule has 0 aliphatic heterocycles. The normalized spacial score (nSPS) is 11.8. The molecule has 0 unspecified atom stereocenters. The first-order valence-electron chi connectivity index (χ1n) is 5.75. The third-order valence-electron chi connectivity index (χ3n) is 2.71. The number of sulfonamides is 1. The van der Waals surface area contributed by atoms with Crippen LogP contribution >= 0.6 is 23.2 Å². The lowest BCUT2D eigenvalue weighted by Gasteiger charge is -2.08. The molecule has 0 bridgehead atoms. The minimum atomic E-state index is -3.71. The van der Waals surface area contributed by atoms with E-state index in [2.05, 4.69) is 9.82 Å². The van der Waals surface area contributed by atoms with Gasteiger partial charge in [-0.15, -0.1) is 11.6 Å². The molecule has 1 aromatic heterocycles. The SMILES string of the molecule is Cn1ncc(Cl)c1S(=O)(=O)NCc1cccc(CCl)c1. The first-order valence-corrected chi connectivity index (χ1v) is 8.14. The van der Waals surface area contributed by atoms with Crippen LogP contribution in [0.3, 0.4) is 0 Å². The van der Waals surface area contributed by atoms with Gasteiger partial charge in [-0.1, -0.05) is 35.9 Å². The molecule has 0 aliphatic carbocycles. The van der Waals surface area contributed by atoms with Crippen LogP contribution in [0.5, 0.6) is 0 Å². The second-order valence-corrected chi connectivity index (χ2v) is 6.56. The van der Waals surface area contributed by atoms with E-state index in [0.717, 1.165) is 11.1 Å². The van der Waals surface area contributed by atoms with Crippen molar-refractivity contribution in [2.24, 2.45) is 7.05 Å². The Morgan fingerprint density at radius 2 is 2.05 bits per heavy atom. The highest BCUT2D eigenvalue weighted by atomic mass is 35.5. The number of hydrogen-bond acceptors (Lipinski definition) is 3. The number of benzene rings is 1. The summed E-state index contributed by atoms with van der Waals surface area (Å²) in [5.41, 5.74) is 1.76. The van der Waals surface area contributed by atoms with Crippen LogP contribution in [0.15, 0.2) is 35.5 Å². The topological polar surface area (TPSA) is 64.0 Å². The molecule has 0 fully saturated rings. The van der Waals surface area contributed by atoms with Crippen molar-refractivity contribution >= 4 is 33.2 Å². The molecule has 1 aromatic carbocycles. The summed E-state index contributed by atoms with van der Waals surface area (Å²) in [7, 11) is -2.19. The summed E-state index contributed by atoms with van der Waals surface area (Å²) in [6.45, 7) is 0.161. The summed E-state index contributed by atoms with van der Waals surface area (Å²) in [5.74, 6) is 0.383. The Kier molecular flexibility index (Phi) is 4.70. The van der Waals surface area contributed by atoms with E-state index in [4.69, 9.17) is 23.2 Å². The smallest absolute Gasteiger partial charge is 0.255 e. The maximum absolute atomic E-state index is 12.2. The Hall–Kier alpha value is -1.08. The summed E-state index contributed by atoms with van der Waals surface area (Å²) >= 11 is 11.6. The maximum atomic E-state index is 12.2. The Bertz CT molecular complexity index is 694. The number of rotatable bonds is 5. The number of hydrogen-bond donors (Lipinski definition) is 1. The highest BCUT2D eigenvalue weighted by molar-refractivity contribution is 7.89. The molecule has 0 amide bonds. The van der Waals surface area contributed by atoms with Gasteiger partial charge in [-0.3, -0.25) is 4.68 Å². The Morgan fingerprint density at radius 3 is 2.65 bits per heavy atom. The van der Waals surface area contributed by atoms with Gasteiger partial charge in [0.15, 0.2) is 5.03 Å². The van der Waals surface area contributed by atoms with Crippen LogP contribution in [-0.2, 0) is 29.5 Å². The van der Waals surface area contributed by atoms with Crippen molar-refractivity contribution in [2.75, 3.05) is 0 Å². The fourth-order valence-electron chi connectivity index (χ4n) is 1.77. The van der Waals surface area contributed by atoms with Gasteiger partial charge in [0.25, 0.3) is 10.0 Å². The molecule has 8 heteroatoms. The van der Waals surface area contributed by atoms with Gasteiger partial charge in [0.05, 0.1) is 11.2 Å². The highest BCUT2D eigenvalue weighted by Gasteiger charge is 2.22. The predicted molar refractivity (Wildman–Crippen MR) is 78.2 cm³/mol. The molecule has 0 radical (unpaired) electrons. The molecule has 0 spiro atoms. The average Bonchev–Trinajstić information content (AvgIpc) is 2.77. The van der Waals surface area contributed by atoms with Crippen molar-refractivity contribution in [3.63, 3.8) is 0 Å². The van der Waals surface area contributed by atoms with E-state index in [9.17, 15) is 8.42 Å². The Labute approximate surface area is 127 Å². The minimum absolute atomic E-state index is 0.0485. The van der Waals surface area contributed by atoms with Crippen LogP contribution in [0.1, 0.15) is 11.1 Å². The van der Waals surface area contributed by atoms with Gasteiger partial charge in [0, 0.05) is 19.5 Å². The van der Waals surface area contributed by atoms with Crippen molar-refractivity contribution < 1.29 is 8.42 Å². The summed E-state index contributed by atoms with van der Waals surface area (Å²) in [5, 5.41) is 3.86. The van der Waals surface area contributed by atoms with E-state index in [-0.39, 0.29) is 16.6 Å². The van der Waals surface area contributed by atoms with Gasteiger partial charge in [0.1, 0.15) is 0 Å². The van der Waals surface area contributed by atoms with Gasteiger partial charge in [-0.25, -0.2) is 13.1 Å². The molecule has 5 nitrogen and oxygen atoms in total. The number of alkyl halides is 1. The van der Waals surface area contributed by atoms with Crippen molar-refractivity contribution in [1.29, 1.82) is 0 Å². The predicted octanol–water partition coefficient (Wildman–Crippen LogP) is 2.29. The lowest BCUT2D eigenvalue weighted by Crippen LogP contribution is -2.25. The van der Waals surface area contributed by atoms with Crippen molar-refractivity contribution in [2.45, 2.75) is 17.5 Å². The zero-order valence-electron chi connectivity index (χ0n) is 10.7. The molecule has 1 N–H and O–H groups in total. The van der Waals surface area contributed by atoms with Crippen molar-refractivity contribution in [3.8, 4) is 0 Å². The second kappa shape index (κ2) is 6.13. The molecule has 2 aromatic rings. The van der Waals surface area contributed by atoms with Crippen LogP contribution < -0.4 is 4.72 Å². The lowest BCUT2D eigenvalue weighted by molar-refractivity contribution is 0.563. The molecule has 2 rings (SSSR count). The number of aryl methyl sites for hydroxylation is 1. The van der Waals surface area contributed by atoms with Crippen LogP contribution in [-0.4, -0.2) is 18.2 Å². The number of aromatic nitrogens is 2. The quantitative estimate of drug-likeness (QED) is 0.854. The first kappa shape index (κ1) is 15.3. The van der Waals surface area contributed by atoms with Gasteiger partial charge < -0.3 is 0 Å². The summed E-state index contributed by atoms with van der Waals surface area (Å²) in [6.07, 6.45) is 1.30. The molecule has 0 atom stereocenters. The number of nitrogens with one attached hydrogen (secondary N) is 1. The number of halogens is 2. The summed E-state index contributed by atoms with van der Waals surface area (Å²) in [4.78, 5) is 0. The van der Waals surface area contributed by atoms with E-state index in [0.29, 0.717) is 5.88 Å². The van der Waals surface area contributed by atoms with Crippen LogP contribution in [0.2, 0.25) is 5.02 Å². The molecule has 108 valence electrons. The third kappa shape index (κ3) is 3.32. The van der Waals surface area contributed by atoms with E-state index in [1.54, 1.807) is 0 Å². The zero-order valence-corrected chi connectivity index (χ0v) is 13.0. The maximum Gasteiger partial charge on any atom is 0.259 e. The molecule has 0 saturated carbocycles. The first-order chi connectivity index (χ1) is 9.44. The van der Waals surface area contributed by atoms with Crippen LogP contribution in [0.25, 0.3) is 0 Å². The van der Waals surface area contributed by atoms with Gasteiger partial charge >= 0.3 is 0 Å². The third-order valence-corrected chi connectivity index (χ3v) is 4.92. The highest BCUT2D eigenvalue weighted by Crippen LogP contribution is 2.19. The van der Waals surface area contributed by atoms with Crippen LogP contribution in [0, 0.1) is 0 Å². The molecule has 1 heterocycles. The van der Waals surface area contributed by atoms with Gasteiger partial charge in [-0.2, -0.15) is 5.10 Å². The molecular weight excluding hydrogens is 321 g/mol. The fraction of sp³-hybridized carbons (Fsp3) is 0.250. The molecular formula is C12H13Cl2N3O2S. The lowest BCUT2D eigenvalue weighted by atomic mass is 10.1. The monoisotopic (exact) mass is 333 g/mol. The molecule has 0 saturated heterocycles. The average molecular weight is 334 g/mol.